The number of nitrogens with one attached hydrogen (secondary N) is 3. The monoisotopic (exact) mass is 457 g/mol. The Morgan fingerprint density at radius 1 is 1.00 bits per heavy atom. The molecular weight excluding hydrogens is 442 g/mol. The number of hydrogen-bond donors (Lipinski definition) is 3. The molecule has 0 fully saturated rings. The van der Waals surface area contributed by atoms with Crippen molar-refractivity contribution in [2.24, 2.45) is 0 Å². The van der Waals surface area contributed by atoms with Crippen molar-refractivity contribution in [1.82, 2.24) is 15.2 Å². The summed E-state index contributed by atoms with van der Waals surface area (Å²) < 4.78 is 52.1. The van der Waals surface area contributed by atoms with Crippen molar-refractivity contribution in [1.29, 1.82) is 0 Å². The van der Waals surface area contributed by atoms with Crippen LogP contribution < -0.4 is 10.6 Å². The smallest absolute Gasteiger partial charge is 0.326 e. The summed E-state index contributed by atoms with van der Waals surface area (Å²) in [5.41, 5.74) is 0.693. The Hall–Kier alpha value is -4.28. The first-order valence-electron chi connectivity index (χ1n) is 9.55. The number of aromatic nitrogens is 3. The maximum atomic E-state index is 13.8. The van der Waals surface area contributed by atoms with Crippen LogP contribution in [0.5, 0.6) is 0 Å². The van der Waals surface area contributed by atoms with Gasteiger partial charge in [0.2, 0.25) is 11.8 Å². The van der Waals surface area contributed by atoms with Crippen LogP contribution in [-0.4, -0.2) is 27.0 Å². The maximum absolute atomic E-state index is 13.8. The molecule has 0 atom stereocenters. The molecule has 3 N–H and O–H groups in total. The van der Waals surface area contributed by atoms with E-state index in [1.165, 1.54) is 0 Å². The van der Waals surface area contributed by atoms with Gasteiger partial charge >= 0.3 is 6.18 Å². The number of nitrogens with zero attached hydrogens (tertiary/aromatic N) is 2. The predicted molar refractivity (Wildman–Crippen MR) is 113 cm³/mol. The summed E-state index contributed by atoms with van der Waals surface area (Å²) in [4.78, 5) is 28.3. The van der Waals surface area contributed by atoms with Crippen LogP contribution in [0.4, 0.5) is 28.9 Å². The van der Waals surface area contributed by atoms with Crippen LogP contribution in [0.1, 0.15) is 12.0 Å². The summed E-state index contributed by atoms with van der Waals surface area (Å²) in [5.74, 6) is -2.75. The highest BCUT2D eigenvalue weighted by Gasteiger charge is 2.31. The van der Waals surface area contributed by atoms with Gasteiger partial charge in [0.1, 0.15) is 17.9 Å². The van der Waals surface area contributed by atoms with Crippen molar-refractivity contribution in [3.05, 3.63) is 72.3 Å². The summed E-state index contributed by atoms with van der Waals surface area (Å²) in [7, 11) is 0. The zero-order valence-electron chi connectivity index (χ0n) is 16.7. The van der Waals surface area contributed by atoms with Crippen molar-refractivity contribution >= 4 is 34.1 Å². The number of carbonyl (C=O) groups is 2. The first-order chi connectivity index (χ1) is 15.7. The molecule has 0 aliphatic heterocycles. The number of benzene rings is 2. The molecule has 0 unspecified atom stereocenters. The zero-order valence-corrected chi connectivity index (χ0v) is 16.7. The second-order valence-corrected chi connectivity index (χ2v) is 7.04. The molecule has 0 spiro atoms. The average Bonchev–Trinajstić information content (AvgIpc) is 3.18. The molecule has 4 aromatic rings. The Morgan fingerprint density at radius 2 is 1.79 bits per heavy atom. The topological polar surface area (TPSA) is 99.8 Å². The third kappa shape index (κ3) is 4.97. The normalized spacial score (nSPS) is 11.4. The minimum Gasteiger partial charge on any atom is -0.326 e. The number of amides is 2. The van der Waals surface area contributed by atoms with Crippen LogP contribution in [0.15, 0.2) is 60.9 Å². The van der Waals surface area contributed by atoms with E-state index in [4.69, 9.17) is 0 Å². The van der Waals surface area contributed by atoms with Crippen molar-refractivity contribution in [3.63, 3.8) is 0 Å². The van der Waals surface area contributed by atoms with E-state index in [2.05, 4.69) is 20.5 Å². The van der Waals surface area contributed by atoms with E-state index in [0.29, 0.717) is 35.1 Å². The van der Waals surface area contributed by atoms with Gasteiger partial charge in [0.05, 0.1) is 16.8 Å². The number of H-pyrrole nitrogens is 1. The average molecular weight is 457 g/mol. The third-order valence-electron chi connectivity index (χ3n) is 4.67. The van der Waals surface area contributed by atoms with E-state index in [1.807, 2.05) is 11.4 Å². The minimum atomic E-state index is -4.70. The van der Waals surface area contributed by atoms with Gasteiger partial charge in [-0.3, -0.25) is 19.7 Å². The molecule has 0 aliphatic rings. The number of rotatable bonds is 5. The van der Waals surface area contributed by atoms with E-state index in [1.54, 1.807) is 36.7 Å². The molecule has 168 valence electrons. The van der Waals surface area contributed by atoms with Crippen LogP contribution in [0, 0.1) is 5.82 Å². The second-order valence-electron chi connectivity index (χ2n) is 7.04. The van der Waals surface area contributed by atoms with Gasteiger partial charge < -0.3 is 10.6 Å². The van der Waals surface area contributed by atoms with Crippen molar-refractivity contribution < 1.29 is 27.2 Å². The molecule has 4 rings (SSSR count). The number of hydrogen-bond acceptors (Lipinski definition) is 4. The highest BCUT2D eigenvalue weighted by molar-refractivity contribution is 6.08. The molecule has 0 saturated carbocycles. The fourth-order valence-electron chi connectivity index (χ4n) is 3.16. The highest BCUT2D eigenvalue weighted by atomic mass is 19.4. The van der Waals surface area contributed by atoms with E-state index < -0.39 is 41.5 Å². The van der Waals surface area contributed by atoms with Crippen LogP contribution in [0.2, 0.25) is 0 Å². The first kappa shape index (κ1) is 21.9. The zero-order chi connectivity index (χ0) is 23.6. The van der Waals surface area contributed by atoms with Crippen molar-refractivity contribution in [2.75, 3.05) is 10.6 Å². The Labute approximate surface area is 183 Å². The van der Waals surface area contributed by atoms with Gasteiger partial charge in [-0.2, -0.15) is 18.3 Å². The van der Waals surface area contributed by atoms with Crippen LogP contribution >= 0.6 is 0 Å². The van der Waals surface area contributed by atoms with Crippen LogP contribution in [-0.2, 0) is 15.8 Å². The summed E-state index contributed by atoms with van der Waals surface area (Å²) in [6.07, 6.45) is -2.12. The Balaban J connectivity index is 1.42. The summed E-state index contributed by atoms with van der Waals surface area (Å²) >= 11 is 0. The molecule has 33 heavy (non-hydrogen) atoms. The van der Waals surface area contributed by atoms with Crippen LogP contribution in [0.25, 0.3) is 22.2 Å². The van der Waals surface area contributed by atoms with Gasteiger partial charge in [-0.1, -0.05) is 0 Å². The predicted octanol–water partition coefficient (Wildman–Crippen LogP) is 4.75. The second kappa shape index (κ2) is 8.69. The number of anilines is 2. The number of fused-ring (bicyclic) bond motifs is 1. The molecule has 0 saturated heterocycles. The number of alkyl halides is 3. The van der Waals surface area contributed by atoms with E-state index in [-0.39, 0.29) is 0 Å². The van der Waals surface area contributed by atoms with Gasteiger partial charge in [0.25, 0.3) is 0 Å². The van der Waals surface area contributed by atoms with Crippen molar-refractivity contribution in [2.45, 2.75) is 12.6 Å². The van der Waals surface area contributed by atoms with E-state index in [0.717, 1.165) is 10.9 Å². The highest BCUT2D eigenvalue weighted by Crippen LogP contribution is 2.32. The van der Waals surface area contributed by atoms with Crippen molar-refractivity contribution in [3.8, 4) is 11.3 Å². The van der Waals surface area contributed by atoms with Gasteiger partial charge in [-0.15, -0.1) is 0 Å². The molecule has 0 aliphatic carbocycles. The molecule has 11 heteroatoms. The lowest BCUT2D eigenvalue weighted by Gasteiger charge is -2.11. The number of pyridine rings is 1. The molecule has 2 aromatic carbocycles. The van der Waals surface area contributed by atoms with Gasteiger partial charge in [-0.05, 0) is 48.5 Å². The molecular formula is C22H15F4N5O2. The maximum Gasteiger partial charge on any atom is 0.416 e. The number of aromatic amines is 1. The Morgan fingerprint density at radius 3 is 2.52 bits per heavy atom. The molecule has 2 heterocycles. The summed E-state index contributed by atoms with van der Waals surface area (Å²) in [6, 6.07) is 10.2. The number of carbonyl (C=O) groups excluding carboxylic acids is 2. The van der Waals surface area contributed by atoms with Crippen LogP contribution in [0.3, 0.4) is 0 Å². The molecule has 2 amide bonds. The first-order valence-corrected chi connectivity index (χ1v) is 9.55. The van der Waals surface area contributed by atoms with Gasteiger partial charge in [0, 0.05) is 29.0 Å². The fraction of sp³-hybridized carbons (Fsp3) is 0.0909. The summed E-state index contributed by atoms with van der Waals surface area (Å²) in [6.45, 7) is 0. The molecule has 2 aromatic heterocycles. The largest absolute Gasteiger partial charge is 0.416 e. The number of halogens is 4. The lowest BCUT2D eigenvalue weighted by molar-refractivity contribution is -0.137. The lowest BCUT2D eigenvalue weighted by atomic mass is 10.1. The summed E-state index contributed by atoms with van der Waals surface area (Å²) in [5, 5.41) is 12.4. The minimum absolute atomic E-state index is 0.368. The fourth-order valence-corrected chi connectivity index (χ4v) is 3.16. The quantitative estimate of drug-likeness (QED) is 0.298. The SMILES string of the molecule is O=C(CC(=O)Nc1cc(C(F)(F)F)ccc1F)Nc1ccc2c(-c3cccnc3)n[nH]c2c1. The Bertz CT molecular complexity index is 1340. The third-order valence-corrected chi connectivity index (χ3v) is 4.67. The lowest BCUT2D eigenvalue weighted by Crippen LogP contribution is -2.22. The van der Waals surface area contributed by atoms with Gasteiger partial charge in [0.15, 0.2) is 0 Å². The molecule has 7 nitrogen and oxygen atoms in total. The standard InChI is InChI=1S/C22H15F4N5O2/c23-16-6-3-13(22(24,25)26)8-18(16)29-20(33)10-19(32)28-14-4-5-15-17(9-14)30-31-21(15)12-2-1-7-27-11-12/h1-9,11H,10H2,(H,28,32)(H,29,33)(H,30,31). The molecule has 0 radical (unpaired) electrons. The Kier molecular flexibility index (Phi) is 5.78. The molecule has 0 bridgehead atoms. The van der Waals surface area contributed by atoms with Gasteiger partial charge in [-0.25, -0.2) is 4.39 Å². The van der Waals surface area contributed by atoms with E-state index in [9.17, 15) is 27.2 Å². The van der Waals surface area contributed by atoms with E-state index >= 15 is 0 Å².